The molecule has 0 amide bonds. The second-order valence-electron chi connectivity index (χ2n) is 3.28. The number of hydrogen-bond acceptors (Lipinski definition) is 2. The van der Waals surface area contributed by atoms with Crippen LogP contribution in [-0.4, -0.2) is 6.47 Å². The van der Waals surface area contributed by atoms with Crippen molar-refractivity contribution in [3.05, 3.63) is 29.8 Å². The minimum atomic E-state index is 0.485. The lowest BCUT2D eigenvalue weighted by molar-refractivity contribution is -0.120. The summed E-state index contributed by atoms with van der Waals surface area (Å²) in [5, 5.41) is 0. The Bertz CT molecular complexity index is 281. The van der Waals surface area contributed by atoms with E-state index in [2.05, 4.69) is 6.92 Å². The number of aryl methyl sites for hydroxylation is 1. The average Bonchev–Trinajstić information content (AvgIpc) is 2.21. The van der Waals surface area contributed by atoms with Crippen LogP contribution in [0.25, 0.3) is 0 Å². The maximum Gasteiger partial charge on any atom is 0.298 e. The Hall–Kier alpha value is -1.31. The van der Waals surface area contributed by atoms with Gasteiger partial charge in [-0.3, -0.25) is 4.79 Å². The van der Waals surface area contributed by atoms with E-state index < -0.39 is 0 Å². The Morgan fingerprint density at radius 1 is 1.29 bits per heavy atom. The van der Waals surface area contributed by atoms with Crippen molar-refractivity contribution in [2.75, 3.05) is 0 Å². The van der Waals surface area contributed by atoms with Gasteiger partial charge in [0.1, 0.15) is 5.75 Å². The van der Waals surface area contributed by atoms with Crippen LogP contribution < -0.4 is 4.74 Å². The molecule has 76 valence electrons. The van der Waals surface area contributed by atoms with Crippen LogP contribution in [0.5, 0.6) is 5.75 Å². The first kappa shape index (κ1) is 10.8. The lowest BCUT2D eigenvalue weighted by Gasteiger charge is -2.05. The first-order valence-electron chi connectivity index (χ1n) is 5.06. The molecule has 0 aliphatic carbocycles. The van der Waals surface area contributed by atoms with Crippen molar-refractivity contribution in [1.82, 2.24) is 0 Å². The molecular formula is C12H16O2. The molecule has 14 heavy (non-hydrogen) atoms. The summed E-state index contributed by atoms with van der Waals surface area (Å²) in [6.07, 6.45) is 4.56. The third-order valence-electron chi connectivity index (χ3n) is 2.20. The number of carbonyl (C=O) groups excluding carboxylic acids is 1. The number of rotatable bonds is 6. The summed E-state index contributed by atoms with van der Waals surface area (Å²) in [5.74, 6) is 0.693. The Morgan fingerprint density at radius 2 is 2.07 bits per heavy atom. The Morgan fingerprint density at radius 3 is 2.79 bits per heavy atom. The van der Waals surface area contributed by atoms with Crippen molar-refractivity contribution in [2.45, 2.75) is 32.6 Å². The van der Waals surface area contributed by atoms with Crippen LogP contribution in [0.15, 0.2) is 24.3 Å². The van der Waals surface area contributed by atoms with Gasteiger partial charge < -0.3 is 4.74 Å². The van der Waals surface area contributed by atoms with Crippen LogP contribution >= 0.6 is 0 Å². The minimum absolute atomic E-state index is 0.485. The highest BCUT2D eigenvalue weighted by molar-refractivity contribution is 5.47. The molecule has 0 N–H and O–H groups in total. The van der Waals surface area contributed by atoms with E-state index in [4.69, 9.17) is 4.74 Å². The molecule has 1 aromatic rings. The zero-order chi connectivity index (χ0) is 10.2. The summed E-state index contributed by atoms with van der Waals surface area (Å²) in [4.78, 5) is 10.2. The zero-order valence-corrected chi connectivity index (χ0v) is 8.53. The van der Waals surface area contributed by atoms with Crippen LogP contribution in [0.3, 0.4) is 0 Å². The highest BCUT2D eigenvalue weighted by Crippen LogP contribution is 2.19. The monoisotopic (exact) mass is 192 g/mol. The van der Waals surface area contributed by atoms with Gasteiger partial charge in [0, 0.05) is 0 Å². The predicted octanol–water partition coefficient (Wildman–Crippen LogP) is 2.95. The summed E-state index contributed by atoms with van der Waals surface area (Å²) < 4.78 is 4.89. The Balaban J connectivity index is 2.59. The van der Waals surface area contributed by atoms with E-state index >= 15 is 0 Å². The van der Waals surface area contributed by atoms with Gasteiger partial charge in [-0.25, -0.2) is 0 Å². The number of hydrogen-bond donors (Lipinski definition) is 0. The molecule has 1 rings (SSSR count). The third-order valence-corrected chi connectivity index (χ3v) is 2.20. The topological polar surface area (TPSA) is 26.3 Å². The molecule has 0 fully saturated rings. The molecule has 0 aliphatic rings. The van der Waals surface area contributed by atoms with Gasteiger partial charge in [-0.2, -0.15) is 0 Å². The minimum Gasteiger partial charge on any atom is -0.428 e. The third kappa shape index (κ3) is 3.21. The molecule has 0 bridgehead atoms. The molecule has 0 radical (unpaired) electrons. The summed E-state index contributed by atoms with van der Waals surface area (Å²) >= 11 is 0. The predicted molar refractivity (Wildman–Crippen MR) is 56.4 cm³/mol. The van der Waals surface area contributed by atoms with Gasteiger partial charge in [0.15, 0.2) is 0 Å². The fourth-order valence-corrected chi connectivity index (χ4v) is 1.44. The lowest BCUT2D eigenvalue weighted by atomic mass is 10.1. The second kappa shape index (κ2) is 6.19. The number of benzene rings is 1. The Labute approximate surface area is 84.9 Å². The molecule has 0 unspecified atom stereocenters. The van der Waals surface area contributed by atoms with Gasteiger partial charge in [-0.1, -0.05) is 38.0 Å². The molecule has 0 atom stereocenters. The molecule has 0 aromatic heterocycles. The van der Waals surface area contributed by atoms with Gasteiger partial charge in [0.2, 0.25) is 0 Å². The first-order chi connectivity index (χ1) is 6.88. The average molecular weight is 192 g/mol. The van der Waals surface area contributed by atoms with Crippen molar-refractivity contribution in [1.29, 1.82) is 0 Å². The molecular weight excluding hydrogens is 176 g/mol. The van der Waals surface area contributed by atoms with E-state index in [-0.39, 0.29) is 0 Å². The largest absolute Gasteiger partial charge is 0.428 e. The number of para-hydroxylation sites is 1. The number of unbranched alkanes of at least 4 members (excludes halogenated alkanes) is 2. The molecule has 0 saturated carbocycles. The second-order valence-corrected chi connectivity index (χ2v) is 3.28. The zero-order valence-electron chi connectivity index (χ0n) is 8.53. The fraction of sp³-hybridized carbons (Fsp3) is 0.417. The van der Waals surface area contributed by atoms with E-state index in [0.717, 1.165) is 18.4 Å². The molecule has 0 aliphatic heterocycles. The van der Waals surface area contributed by atoms with E-state index in [9.17, 15) is 4.79 Å². The molecule has 2 heteroatoms. The fourth-order valence-electron chi connectivity index (χ4n) is 1.44. The van der Waals surface area contributed by atoms with Crippen molar-refractivity contribution in [2.24, 2.45) is 0 Å². The van der Waals surface area contributed by atoms with Gasteiger partial charge in [0.05, 0.1) is 0 Å². The van der Waals surface area contributed by atoms with Crippen molar-refractivity contribution in [3.8, 4) is 5.75 Å². The van der Waals surface area contributed by atoms with E-state index in [0.29, 0.717) is 12.2 Å². The van der Waals surface area contributed by atoms with Gasteiger partial charge in [-0.05, 0) is 24.5 Å². The summed E-state index contributed by atoms with van der Waals surface area (Å²) in [6.45, 7) is 2.66. The summed E-state index contributed by atoms with van der Waals surface area (Å²) in [5.41, 5.74) is 1.12. The lowest BCUT2D eigenvalue weighted by Crippen LogP contribution is -1.94. The number of ether oxygens (including phenoxy) is 1. The highest BCUT2D eigenvalue weighted by Gasteiger charge is 2.01. The van der Waals surface area contributed by atoms with E-state index in [1.165, 1.54) is 12.8 Å². The maximum absolute atomic E-state index is 10.2. The van der Waals surface area contributed by atoms with Crippen molar-refractivity contribution >= 4 is 6.47 Å². The van der Waals surface area contributed by atoms with Crippen LogP contribution in [-0.2, 0) is 11.2 Å². The molecule has 0 heterocycles. The smallest absolute Gasteiger partial charge is 0.298 e. The quantitative estimate of drug-likeness (QED) is 0.511. The SMILES string of the molecule is CCCCCc1ccccc1OC=O. The molecule has 0 spiro atoms. The number of carbonyl (C=O) groups is 1. The van der Waals surface area contributed by atoms with Crippen LogP contribution in [0.4, 0.5) is 0 Å². The highest BCUT2D eigenvalue weighted by atomic mass is 16.5. The van der Waals surface area contributed by atoms with Crippen LogP contribution in [0.1, 0.15) is 31.7 Å². The van der Waals surface area contributed by atoms with Crippen molar-refractivity contribution in [3.63, 3.8) is 0 Å². The summed E-state index contributed by atoms with van der Waals surface area (Å²) in [7, 11) is 0. The standard InChI is InChI=1S/C12H16O2/c1-2-3-4-7-11-8-5-6-9-12(11)14-10-13/h5-6,8-10H,2-4,7H2,1H3. The van der Waals surface area contributed by atoms with Gasteiger partial charge >= 0.3 is 0 Å². The van der Waals surface area contributed by atoms with Crippen LogP contribution in [0, 0.1) is 0 Å². The van der Waals surface area contributed by atoms with Gasteiger partial charge in [0.25, 0.3) is 6.47 Å². The van der Waals surface area contributed by atoms with Crippen LogP contribution in [0.2, 0.25) is 0 Å². The Kier molecular flexibility index (Phi) is 4.76. The normalized spacial score (nSPS) is 9.79. The van der Waals surface area contributed by atoms with Crippen molar-refractivity contribution < 1.29 is 9.53 Å². The maximum atomic E-state index is 10.2. The van der Waals surface area contributed by atoms with E-state index in [1.54, 1.807) is 0 Å². The molecule has 2 nitrogen and oxygen atoms in total. The molecule has 0 saturated heterocycles. The molecule has 1 aromatic carbocycles. The van der Waals surface area contributed by atoms with E-state index in [1.807, 2.05) is 24.3 Å². The van der Waals surface area contributed by atoms with Gasteiger partial charge in [-0.15, -0.1) is 0 Å². The first-order valence-corrected chi connectivity index (χ1v) is 5.06. The summed E-state index contributed by atoms with van der Waals surface area (Å²) in [6, 6.07) is 7.69.